The van der Waals surface area contributed by atoms with Crippen molar-refractivity contribution in [2.75, 3.05) is 11.9 Å². The highest BCUT2D eigenvalue weighted by Gasteiger charge is 2.12. The van der Waals surface area contributed by atoms with Gasteiger partial charge in [0.15, 0.2) is 0 Å². The Morgan fingerprint density at radius 2 is 1.71 bits per heavy atom. The molecule has 2 N–H and O–H groups in total. The van der Waals surface area contributed by atoms with Crippen LogP contribution >= 0.6 is 0 Å². The first kappa shape index (κ1) is 17.9. The van der Waals surface area contributed by atoms with Gasteiger partial charge < -0.3 is 5.32 Å². The highest BCUT2D eigenvalue weighted by molar-refractivity contribution is 7.89. The van der Waals surface area contributed by atoms with Gasteiger partial charge in [0.25, 0.3) is 0 Å². The van der Waals surface area contributed by atoms with Gasteiger partial charge in [-0.25, -0.2) is 13.1 Å². The van der Waals surface area contributed by atoms with E-state index in [9.17, 15) is 13.2 Å². The molecular weight excluding hydrogens is 324 g/mol. The van der Waals surface area contributed by atoms with Gasteiger partial charge in [0.05, 0.1) is 4.90 Å². The molecule has 0 atom stereocenters. The molecule has 1 amide bonds. The summed E-state index contributed by atoms with van der Waals surface area (Å²) in [4.78, 5) is 11.1. The first-order valence-electron chi connectivity index (χ1n) is 7.56. The van der Waals surface area contributed by atoms with E-state index in [1.807, 2.05) is 42.5 Å². The number of benzene rings is 2. The zero-order valence-electron chi connectivity index (χ0n) is 13.4. The number of carbonyl (C=O) groups is 1. The fourth-order valence-electron chi connectivity index (χ4n) is 2.06. The fraction of sp³-hybridized carbons (Fsp3) is 0.167. The summed E-state index contributed by atoms with van der Waals surface area (Å²) in [5, 5.41) is 2.60. The van der Waals surface area contributed by atoms with Crippen molar-refractivity contribution >= 4 is 27.7 Å². The number of rotatable bonds is 7. The molecule has 2 aromatic carbocycles. The molecule has 6 heteroatoms. The number of anilines is 1. The third-order valence-corrected chi connectivity index (χ3v) is 4.67. The quantitative estimate of drug-likeness (QED) is 0.758. The molecular formula is C18H20N2O3S. The Morgan fingerprint density at radius 1 is 1.04 bits per heavy atom. The normalized spacial score (nSPS) is 11.5. The van der Waals surface area contributed by atoms with Gasteiger partial charge in [0.1, 0.15) is 0 Å². The lowest BCUT2D eigenvalue weighted by Crippen LogP contribution is -2.24. The molecule has 0 unspecified atom stereocenters. The lowest BCUT2D eigenvalue weighted by molar-refractivity contribution is -0.114. The van der Waals surface area contributed by atoms with E-state index in [0.717, 1.165) is 5.56 Å². The van der Waals surface area contributed by atoms with Gasteiger partial charge in [-0.05, 0) is 36.2 Å². The Kier molecular flexibility index (Phi) is 6.28. The van der Waals surface area contributed by atoms with Crippen LogP contribution in [0.4, 0.5) is 5.69 Å². The van der Waals surface area contributed by atoms with E-state index in [2.05, 4.69) is 10.0 Å². The number of carbonyl (C=O) groups excluding carboxylic acids is 1. The molecule has 24 heavy (non-hydrogen) atoms. The van der Waals surface area contributed by atoms with Crippen LogP contribution in [0.3, 0.4) is 0 Å². The summed E-state index contributed by atoms with van der Waals surface area (Å²) >= 11 is 0. The summed E-state index contributed by atoms with van der Waals surface area (Å²) in [7, 11) is -3.55. The zero-order chi connectivity index (χ0) is 17.4. The first-order chi connectivity index (χ1) is 11.5. The van der Waals surface area contributed by atoms with Crippen LogP contribution in [-0.4, -0.2) is 20.9 Å². The monoisotopic (exact) mass is 344 g/mol. The van der Waals surface area contributed by atoms with Crippen LogP contribution in [0.1, 0.15) is 18.9 Å². The fourth-order valence-corrected chi connectivity index (χ4v) is 3.11. The molecule has 2 rings (SSSR count). The topological polar surface area (TPSA) is 75.3 Å². The van der Waals surface area contributed by atoms with Crippen molar-refractivity contribution in [2.45, 2.75) is 18.2 Å². The maximum absolute atomic E-state index is 12.2. The second-order valence-electron chi connectivity index (χ2n) is 5.21. The second kappa shape index (κ2) is 8.42. The number of nitrogens with one attached hydrogen (secondary N) is 2. The summed E-state index contributed by atoms with van der Waals surface area (Å²) < 4.78 is 26.9. The average molecular weight is 344 g/mol. The van der Waals surface area contributed by atoms with Gasteiger partial charge in [-0.3, -0.25) is 4.79 Å². The third-order valence-electron chi connectivity index (χ3n) is 3.20. The summed E-state index contributed by atoms with van der Waals surface area (Å²) in [6, 6.07) is 15.9. The Labute approximate surface area is 142 Å². The van der Waals surface area contributed by atoms with Crippen LogP contribution in [0.25, 0.3) is 6.08 Å². The van der Waals surface area contributed by atoms with E-state index in [4.69, 9.17) is 0 Å². The molecule has 0 heterocycles. The van der Waals surface area contributed by atoms with Crippen molar-refractivity contribution in [3.8, 4) is 0 Å². The number of hydrogen-bond acceptors (Lipinski definition) is 3. The summed E-state index contributed by atoms with van der Waals surface area (Å²) in [6.45, 7) is 1.72. The van der Waals surface area contributed by atoms with Crippen molar-refractivity contribution in [1.82, 2.24) is 4.72 Å². The molecule has 0 saturated carbocycles. The molecule has 0 aromatic heterocycles. The predicted octanol–water partition coefficient (Wildman–Crippen LogP) is 3.03. The van der Waals surface area contributed by atoms with E-state index in [-0.39, 0.29) is 10.8 Å². The minimum Gasteiger partial charge on any atom is -0.326 e. The average Bonchev–Trinajstić information content (AvgIpc) is 2.55. The SMILES string of the molecule is CC(=O)Nc1ccc(S(=O)(=O)NCC/C=C/c2ccccc2)cc1. The minimum atomic E-state index is -3.55. The van der Waals surface area contributed by atoms with Gasteiger partial charge in [0.2, 0.25) is 15.9 Å². The highest BCUT2D eigenvalue weighted by Crippen LogP contribution is 2.14. The van der Waals surface area contributed by atoms with Gasteiger partial charge in [-0.2, -0.15) is 0 Å². The standard InChI is InChI=1S/C18H20N2O3S/c1-15(21)20-17-10-12-18(13-11-17)24(22,23)19-14-6-5-9-16-7-3-2-4-8-16/h2-5,7-13,19H,6,14H2,1H3,(H,20,21)/b9-5+. The van der Waals surface area contributed by atoms with Crippen molar-refractivity contribution < 1.29 is 13.2 Å². The number of amides is 1. The molecule has 0 aliphatic heterocycles. The molecule has 126 valence electrons. The third kappa shape index (κ3) is 5.64. The first-order valence-corrected chi connectivity index (χ1v) is 9.04. The van der Waals surface area contributed by atoms with Gasteiger partial charge in [-0.15, -0.1) is 0 Å². The Hall–Kier alpha value is -2.44. The van der Waals surface area contributed by atoms with Gasteiger partial charge in [0, 0.05) is 19.2 Å². The van der Waals surface area contributed by atoms with E-state index in [1.165, 1.54) is 19.1 Å². The number of sulfonamides is 1. The van der Waals surface area contributed by atoms with E-state index < -0.39 is 10.0 Å². The Bertz CT molecular complexity index is 798. The lowest BCUT2D eigenvalue weighted by atomic mass is 10.2. The second-order valence-corrected chi connectivity index (χ2v) is 6.97. The van der Waals surface area contributed by atoms with Crippen molar-refractivity contribution in [3.63, 3.8) is 0 Å². The van der Waals surface area contributed by atoms with Crippen LogP contribution < -0.4 is 10.0 Å². The summed E-state index contributed by atoms with van der Waals surface area (Å²) in [5.41, 5.74) is 1.64. The molecule has 0 saturated heterocycles. The smallest absolute Gasteiger partial charge is 0.240 e. The van der Waals surface area contributed by atoms with Crippen LogP contribution in [0.5, 0.6) is 0 Å². The highest BCUT2D eigenvalue weighted by atomic mass is 32.2. The minimum absolute atomic E-state index is 0.170. The maximum Gasteiger partial charge on any atom is 0.240 e. The van der Waals surface area contributed by atoms with Crippen molar-refractivity contribution in [3.05, 3.63) is 66.2 Å². The molecule has 0 aliphatic carbocycles. The van der Waals surface area contributed by atoms with Crippen LogP contribution in [0, 0.1) is 0 Å². The summed E-state index contributed by atoms with van der Waals surface area (Å²) in [5.74, 6) is -0.200. The van der Waals surface area contributed by atoms with Crippen LogP contribution in [0.15, 0.2) is 65.6 Å². The van der Waals surface area contributed by atoms with E-state index in [1.54, 1.807) is 12.1 Å². The van der Waals surface area contributed by atoms with E-state index >= 15 is 0 Å². The molecule has 2 aromatic rings. The molecule has 0 bridgehead atoms. The van der Waals surface area contributed by atoms with Gasteiger partial charge >= 0.3 is 0 Å². The van der Waals surface area contributed by atoms with E-state index in [0.29, 0.717) is 18.7 Å². The molecule has 0 spiro atoms. The van der Waals surface area contributed by atoms with Gasteiger partial charge in [-0.1, -0.05) is 42.5 Å². The molecule has 5 nitrogen and oxygen atoms in total. The zero-order valence-corrected chi connectivity index (χ0v) is 14.2. The number of hydrogen-bond donors (Lipinski definition) is 2. The Morgan fingerprint density at radius 3 is 2.33 bits per heavy atom. The van der Waals surface area contributed by atoms with Crippen LogP contribution in [-0.2, 0) is 14.8 Å². The molecule has 0 radical (unpaired) electrons. The predicted molar refractivity (Wildman–Crippen MR) is 96.0 cm³/mol. The van der Waals surface area contributed by atoms with Crippen molar-refractivity contribution in [1.29, 1.82) is 0 Å². The molecule has 0 fully saturated rings. The lowest BCUT2D eigenvalue weighted by Gasteiger charge is -2.07. The Balaban J connectivity index is 1.87. The summed E-state index contributed by atoms with van der Waals surface area (Å²) in [6.07, 6.45) is 4.48. The maximum atomic E-state index is 12.2. The molecule has 0 aliphatic rings. The van der Waals surface area contributed by atoms with Crippen LogP contribution in [0.2, 0.25) is 0 Å². The largest absolute Gasteiger partial charge is 0.326 e. The van der Waals surface area contributed by atoms with Crippen molar-refractivity contribution in [2.24, 2.45) is 0 Å².